The molecule has 0 aliphatic rings. The van der Waals surface area contributed by atoms with E-state index in [1.54, 1.807) is 19.3 Å². The van der Waals surface area contributed by atoms with Gasteiger partial charge < -0.3 is 5.32 Å². The van der Waals surface area contributed by atoms with Crippen LogP contribution in [0.25, 0.3) is 0 Å². The van der Waals surface area contributed by atoms with E-state index in [9.17, 15) is 8.42 Å². The normalized spacial score (nSPS) is 11.3. The highest BCUT2D eigenvalue weighted by molar-refractivity contribution is 7.89. The van der Waals surface area contributed by atoms with Gasteiger partial charge in [0.1, 0.15) is 4.90 Å². The van der Waals surface area contributed by atoms with Crippen molar-refractivity contribution in [1.82, 2.24) is 9.71 Å². The van der Waals surface area contributed by atoms with Gasteiger partial charge in [-0.1, -0.05) is 29.8 Å². The van der Waals surface area contributed by atoms with Crippen LogP contribution in [0.15, 0.2) is 47.6 Å². The highest BCUT2D eigenvalue weighted by Gasteiger charge is 2.17. The van der Waals surface area contributed by atoms with Crippen molar-refractivity contribution in [3.05, 3.63) is 53.9 Å². The zero-order chi connectivity index (χ0) is 14.6. The third-order valence-electron chi connectivity index (χ3n) is 2.93. The zero-order valence-electron chi connectivity index (χ0n) is 11.4. The SMILES string of the molecule is CNc1ccncc1S(=O)(=O)NCc1ccc(C)cc1. The maximum absolute atomic E-state index is 12.3. The van der Waals surface area contributed by atoms with Crippen molar-refractivity contribution in [2.75, 3.05) is 12.4 Å². The molecule has 1 heterocycles. The lowest BCUT2D eigenvalue weighted by atomic mass is 10.2. The van der Waals surface area contributed by atoms with Crippen molar-refractivity contribution in [2.45, 2.75) is 18.4 Å². The van der Waals surface area contributed by atoms with E-state index in [0.29, 0.717) is 5.69 Å². The van der Waals surface area contributed by atoms with E-state index in [0.717, 1.165) is 11.1 Å². The molecule has 20 heavy (non-hydrogen) atoms. The highest BCUT2D eigenvalue weighted by Crippen LogP contribution is 2.18. The average Bonchev–Trinajstić information content (AvgIpc) is 2.46. The van der Waals surface area contributed by atoms with Crippen LogP contribution >= 0.6 is 0 Å². The van der Waals surface area contributed by atoms with E-state index in [1.165, 1.54) is 6.20 Å². The van der Waals surface area contributed by atoms with Crippen LogP contribution in [0.2, 0.25) is 0 Å². The number of hydrogen-bond donors (Lipinski definition) is 2. The Morgan fingerprint density at radius 1 is 1.15 bits per heavy atom. The quantitative estimate of drug-likeness (QED) is 0.883. The summed E-state index contributed by atoms with van der Waals surface area (Å²) in [6.45, 7) is 2.24. The molecule has 5 nitrogen and oxygen atoms in total. The second-order valence-corrected chi connectivity index (χ2v) is 6.17. The van der Waals surface area contributed by atoms with Gasteiger partial charge in [-0.15, -0.1) is 0 Å². The first-order valence-electron chi connectivity index (χ1n) is 6.20. The standard InChI is InChI=1S/C14H17N3O2S/c1-11-3-5-12(6-4-11)9-17-20(18,19)14-10-16-8-7-13(14)15-2/h3-8,10,17H,9H2,1-2H3,(H,15,16). The number of aryl methyl sites for hydroxylation is 1. The van der Waals surface area contributed by atoms with Crippen LogP contribution in [0, 0.1) is 6.92 Å². The van der Waals surface area contributed by atoms with Gasteiger partial charge >= 0.3 is 0 Å². The van der Waals surface area contributed by atoms with Crippen molar-refractivity contribution in [3.8, 4) is 0 Å². The summed E-state index contributed by atoms with van der Waals surface area (Å²) >= 11 is 0. The van der Waals surface area contributed by atoms with E-state index >= 15 is 0 Å². The topological polar surface area (TPSA) is 71.1 Å². The van der Waals surface area contributed by atoms with Crippen LogP contribution in [-0.2, 0) is 16.6 Å². The molecule has 0 unspecified atom stereocenters. The van der Waals surface area contributed by atoms with Crippen LogP contribution in [0.1, 0.15) is 11.1 Å². The number of benzene rings is 1. The first kappa shape index (κ1) is 14.5. The molecule has 0 bridgehead atoms. The van der Waals surface area contributed by atoms with Crippen molar-refractivity contribution in [2.24, 2.45) is 0 Å². The van der Waals surface area contributed by atoms with Crippen molar-refractivity contribution in [1.29, 1.82) is 0 Å². The van der Waals surface area contributed by atoms with Crippen molar-refractivity contribution < 1.29 is 8.42 Å². The van der Waals surface area contributed by atoms with E-state index < -0.39 is 10.0 Å². The van der Waals surface area contributed by atoms with Crippen LogP contribution in [0.3, 0.4) is 0 Å². The molecular formula is C14H17N3O2S. The molecule has 0 saturated carbocycles. The van der Waals surface area contributed by atoms with Gasteiger partial charge in [0.05, 0.1) is 5.69 Å². The molecule has 2 rings (SSSR count). The molecular weight excluding hydrogens is 274 g/mol. The maximum Gasteiger partial charge on any atom is 0.244 e. The second kappa shape index (κ2) is 6.02. The molecule has 2 N–H and O–H groups in total. The van der Waals surface area contributed by atoms with Gasteiger partial charge in [-0.05, 0) is 18.6 Å². The van der Waals surface area contributed by atoms with Crippen molar-refractivity contribution >= 4 is 15.7 Å². The Labute approximate surface area is 119 Å². The number of hydrogen-bond acceptors (Lipinski definition) is 4. The molecule has 0 amide bonds. The molecule has 106 valence electrons. The molecule has 0 atom stereocenters. The molecule has 0 fully saturated rings. The Morgan fingerprint density at radius 3 is 2.50 bits per heavy atom. The minimum Gasteiger partial charge on any atom is -0.387 e. The molecule has 2 aromatic rings. The van der Waals surface area contributed by atoms with Crippen molar-refractivity contribution in [3.63, 3.8) is 0 Å². The minimum atomic E-state index is -3.59. The molecule has 0 radical (unpaired) electrons. The zero-order valence-corrected chi connectivity index (χ0v) is 12.2. The first-order chi connectivity index (χ1) is 9.53. The lowest BCUT2D eigenvalue weighted by Crippen LogP contribution is -2.24. The van der Waals surface area contributed by atoms with Gasteiger partial charge in [0.25, 0.3) is 0 Å². The third-order valence-corrected chi connectivity index (χ3v) is 4.36. The molecule has 0 spiro atoms. The number of nitrogens with one attached hydrogen (secondary N) is 2. The van der Waals surface area contributed by atoms with Crippen LogP contribution < -0.4 is 10.0 Å². The van der Waals surface area contributed by atoms with Gasteiger partial charge in [0, 0.05) is 26.0 Å². The van der Waals surface area contributed by atoms with E-state index in [4.69, 9.17) is 0 Å². The summed E-state index contributed by atoms with van der Waals surface area (Å²) in [6.07, 6.45) is 2.88. The van der Waals surface area contributed by atoms with Crippen LogP contribution in [0.4, 0.5) is 5.69 Å². The fourth-order valence-corrected chi connectivity index (χ4v) is 2.93. The Kier molecular flexibility index (Phi) is 4.36. The van der Waals surface area contributed by atoms with Gasteiger partial charge in [-0.25, -0.2) is 13.1 Å². The number of anilines is 1. The lowest BCUT2D eigenvalue weighted by molar-refractivity contribution is 0.581. The fraction of sp³-hybridized carbons (Fsp3) is 0.214. The Morgan fingerprint density at radius 2 is 1.85 bits per heavy atom. The summed E-state index contributed by atoms with van der Waals surface area (Å²) in [6, 6.07) is 9.33. The number of rotatable bonds is 5. The summed E-state index contributed by atoms with van der Waals surface area (Å²) in [5, 5.41) is 2.85. The van der Waals surface area contributed by atoms with E-state index in [-0.39, 0.29) is 11.4 Å². The summed E-state index contributed by atoms with van der Waals surface area (Å²) in [4.78, 5) is 4.01. The Hall–Kier alpha value is -1.92. The van der Waals surface area contributed by atoms with Gasteiger partial charge in [-0.3, -0.25) is 4.98 Å². The Bertz CT molecular complexity index is 682. The third kappa shape index (κ3) is 3.34. The van der Waals surface area contributed by atoms with E-state index in [2.05, 4.69) is 15.0 Å². The number of sulfonamides is 1. The Balaban J connectivity index is 2.17. The van der Waals surface area contributed by atoms with Crippen LogP contribution in [-0.4, -0.2) is 20.4 Å². The lowest BCUT2D eigenvalue weighted by Gasteiger charge is -2.10. The van der Waals surface area contributed by atoms with E-state index in [1.807, 2.05) is 31.2 Å². The minimum absolute atomic E-state index is 0.148. The predicted octanol–water partition coefficient (Wildman–Crippen LogP) is 1.91. The maximum atomic E-state index is 12.3. The van der Waals surface area contributed by atoms with Gasteiger partial charge in [0.15, 0.2) is 0 Å². The predicted molar refractivity (Wildman–Crippen MR) is 79.0 cm³/mol. The number of nitrogens with zero attached hydrogens (tertiary/aromatic N) is 1. The number of aromatic nitrogens is 1. The smallest absolute Gasteiger partial charge is 0.244 e. The molecule has 1 aromatic heterocycles. The molecule has 0 aliphatic carbocycles. The van der Waals surface area contributed by atoms with Gasteiger partial charge in [0.2, 0.25) is 10.0 Å². The number of pyridine rings is 1. The molecule has 6 heteroatoms. The second-order valence-electron chi connectivity index (χ2n) is 4.43. The van der Waals surface area contributed by atoms with Gasteiger partial charge in [-0.2, -0.15) is 0 Å². The summed E-state index contributed by atoms with van der Waals surface area (Å²) in [5.41, 5.74) is 2.58. The first-order valence-corrected chi connectivity index (χ1v) is 7.68. The summed E-state index contributed by atoms with van der Waals surface area (Å²) in [7, 11) is -1.91. The highest BCUT2D eigenvalue weighted by atomic mass is 32.2. The fourth-order valence-electron chi connectivity index (χ4n) is 1.76. The summed E-state index contributed by atoms with van der Waals surface area (Å²) in [5.74, 6) is 0. The molecule has 0 saturated heterocycles. The largest absolute Gasteiger partial charge is 0.387 e. The monoisotopic (exact) mass is 291 g/mol. The van der Waals surface area contributed by atoms with Crippen LogP contribution in [0.5, 0.6) is 0 Å². The summed E-state index contributed by atoms with van der Waals surface area (Å²) < 4.78 is 27.1. The molecule has 0 aliphatic heterocycles. The average molecular weight is 291 g/mol. The molecule has 1 aromatic carbocycles.